The summed E-state index contributed by atoms with van der Waals surface area (Å²) in [5.41, 5.74) is 0. The van der Waals surface area contributed by atoms with Crippen molar-refractivity contribution in [3.8, 4) is 11.6 Å². The molecule has 0 aliphatic carbocycles. The minimum absolute atomic E-state index is 0.541. The van der Waals surface area contributed by atoms with Crippen LogP contribution in [0.4, 0.5) is 0 Å². The van der Waals surface area contributed by atoms with Crippen LogP contribution in [0.2, 0.25) is 0 Å². The molecule has 6 heteroatoms. The zero-order valence-electron chi connectivity index (χ0n) is 9.52. The van der Waals surface area contributed by atoms with Gasteiger partial charge in [-0.1, -0.05) is 5.16 Å². The summed E-state index contributed by atoms with van der Waals surface area (Å²) in [7, 11) is 0. The number of rotatable bonds is 3. The number of hydrogen-bond donors (Lipinski definition) is 2. The number of aromatic nitrogens is 4. The summed E-state index contributed by atoms with van der Waals surface area (Å²) >= 11 is 0. The molecule has 1 saturated heterocycles. The van der Waals surface area contributed by atoms with Gasteiger partial charge in [0.25, 0.3) is 0 Å². The molecule has 1 aliphatic heterocycles. The zero-order chi connectivity index (χ0) is 11.5. The molecular weight excluding hydrogens is 218 g/mol. The lowest BCUT2D eigenvalue weighted by molar-refractivity contribution is 0.313. The molecule has 2 aromatic rings. The van der Waals surface area contributed by atoms with Crippen molar-refractivity contribution in [1.29, 1.82) is 0 Å². The topological polar surface area (TPSA) is 79.6 Å². The number of aromatic amines is 1. The molecule has 0 spiro atoms. The lowest BCUT2D eigenvalue weighted by atomic mass is 9.95. The SMILES string of the molecule is c1c[nH]c(-c2noc(CC3CCNCC3)n2)n1. The molecule has 2 N–H and O–H groups in total. The van der Waals surface area contributed by atoms with Gasteiger partial charge in [-0.05, 0) is 31.8 Å². The summed E-state index contributed by atoms with van der Waals surface area (Å²) < 4.78 is 5.25. The second-order valence-corrected chi connectivity index (χ2v) is 4.35. The van der Waals surface area contributed by atoms with Gasteiger partial charge in [0.1, 0.15) is 0 Å². The molecule has 3 rings (SSSR count). The molecule has 90 valence electrons. The highest BCUT2D eigenvalue weighted by Crippen LogP contribution is 2.18. The fraction of sp³-hybridized carbons (Fsp3) is 0.545. The van der Waals surface area contributed by atoms with Gasteiger partial charge < -0.3 is 14.8 Å². The van der Waals surface area contributed by atoms with E-state index in [9.17, 15) is 0 Å². The van der Waals surface area contributed by atoms with Gasteiger partial charge in [-0.3, -0.25) is 0 Å². The molecule has 0 unspecified atom stereocenters. The van der Waals surface area contributed by atoms with E-state index in [2.05, 4.69) is 25.4 Å². The minimum Gasteiger partial charge on any atom is -0.342 e. The Labute approximate surface area is 98.8 Å². The van der Waals surface area contributed by atoms with Gasteiger partial charge in [0.15, 0.2) is 5.82 Å². The van der Waals surface area contributed by atoms with Crippen LogP contribution < -0.4 is 5.32 Å². The maximum Gasteiger partial charge on any atom is 0.238 e. The summed E-state index contributed by atoms with van der Waals surface area (Å²) in [6, 6.07) is 0. The van der Waals surface area contributed by atoms with E-state index in [0.29, 0.717) is 23.5 Å². The van der Waals surface area contributed by atoms with Gasteiger partial charge in [0.2, 0.25) is 11.7 Å². The number of piperidine rings is 1. The summed E-state index contributed by atoms with van der Waals surface area (Å²) in [5, 5.41) is 7.28. The third kappa shape index (κ3) is 2.36. The molecule has 0 radical (unpaired) electrons. The second-order valence-electron chi connectivity index (χ2n) is 4.35. The van der Waals surface area contributed by atoms with Crippen molar-refractivity contribution in [1.82, 2.24) is 25.4 Å². The van der Waals surface area contributed by atoms with Crippen molar-refractivity contribution in [3.05, 3.63) is 18.3 Å². The predicted octanol–water partition coefficient (Wildman–Crippen LogP) is 1.00. The largest absolute Gasteiger partial charge is 0.342 e. The van der Waals surface area contributed by atoms with Crippen LogP contribution in [-0.4, -0.2) is 33.2 Å². The van der Waals surface area contributed by atoms with Gasteiger partial charge in [0.05, 0.1) is 0 Å². The van der Waals surface area contributed by atoms with Gasteiger partial charge in [-0.15, -0.1) is 0 Å². The molecule has 1 aliphatic rings. The van der Waals surface area contributed by atoms with E-state index in [-0.39, 0.29) is 0 Å². The first-order valence-electron chi connectivity index (χ1n) is 5.95. The van der Waals surface area contributed by atoms with Crippen LogP contribution >= 0.6 is 0 Å². The Morgan fingerprint density at radius 3 is 3.00 bits per heavy atom. The van der Waals surface area contributed by atoms with Crippen LogP contribution in [0.5, 0.6) is 0 Å². The van der Waals surface area contributed by atoms with Gasteiger partial charge in [-0.25, -0.2) is 4.98 Å². The zero-order valence-corrected chi connectivity index (χ0v) is 9.52. The molecular formula is C11H15N5O. The summed E-state index contributed by atoms with van der Waals surface area (Å²) in [5.74, 6) is 2.56. The average Bonchev–Trinajstić information content (AvgIpc) is 3.00. The highest BCUT2D eigenvalue weighted by Gasteiger charge is 2.18. The monoisotopic (exact) mass is 233 g/mol. The van der Waals surface area contributed by atoms with Crippen molar-refractivity contribution < 1.29 is 4.52 Å². The maximum absolute atomic E-state index is 5.25. The highest BCUT2D eigenvalue weighted by molar-refractivity contribution is 5.40. The summed E-state index contributed by atoms with van der Waals surface area (Å²) in [4.78, 5) is 11.4. The molecule has 0 bridgehead atoms. The van der Waals surface area contributed by atoms with Crippen molar-refractivity contribution in [2.24, 2.45) is 5.92 Å². The molecule has 0 aromatic carbocycles. The van der Waals surface area contributed by atoms with Crippen LogP contribution in [0, 0.1) is 5.92 Å². The first-order valence-corrected chi connectivity index (χ1v) is 5.95. The fourth-order valence-electron chi connectivity index (χ4n) is 2.15. The molecule has 0 saturated carbocycles. The standard InChI is InChI=1S/C11H15N5O/c1-3-12-4-2-8(1)7-9-15-11(16-17-9)10-13-5-6-14-10/h5-6,8,12H,1-4,7H2,(H,13,14). The third-order valence-corrected chi connectivity index (χ3v) is 3.10. The lowest BCUT2D eigenvalue weighted by Gasteiger charge is -2.20. The molecule has 1 fully saturated rings. The Kier molecular flexibility index (Phi) is 2.87. The average molecular weight is 233 g/mol. The number of nitrogens with one attached hydrogen (secondary N) is 2. The second kappa shape index (κ2) is 4.67. The van der Waals surface area contributed by atoms with Crippen LogP contribution in [0.15, 0.2) is 16.9 Å². The third-order valence-electron chi connectivity index (χ3n) is 3.10. The molecule has 0 amide bonds. The quantitative estimate of drug-likeness (QED) is 0.826. The smallest absolute Gasteiger partial charge is 0.238 e. The lowest BCUT2D eigenvalue weighted by Crippen LogP contribution is -2.28. The van der Waals surface area contributed by atoms with Gasteiger partial charge in [-0.2, -0.15) is 4.98 Å². The normalized spacial score (nSPS) is 17.4. The Hall–Kier alpha value is -1.69. The Balaban J connectivity index is 1.68. The Bertz CT molecular complexity index is 458. The van der Waals surface area contributed by atoms with Crippen molar-refractivity contribution in [2.75, 3.05) is 13.1 Å². The highest BCUT2D eigenvalue weighted by atomic mass is 16.5. The molecule has 2 aromatic heterocycles. The Morgan fingerprint density at radius 1 is 1.35 bits per heavy atom. The molecule has 0 atom stereocenters. The van der Waals surface area contributed by atoms with Crippen molar-refractivity contribution in [3.63, 3.8) is 0 Å². The predicted molar refractivity (Wildman–Crippen MR) is 61.2 cm³/mol. The van der Waals surface area contributed by atoms with Crippen LogP contribution in [0.3, 0.4) is 0 Å². The van der Waals surface area contributed by atoms with Crippen LogP contribution in [-0.2, 0) is 6.42 Å². The first kappa shape index (κ1) is 10.5. The number of imidazole rings is 1. The van der Waals surface area contributed by atoms with E-state index in [1.807, 2.05) is 0 Å². The summed E-state index contributed by atoms with van der Waals surface area (Å²) in [6.07, 6.45) is 6.66. The number of hydrogen-bond acceptors (Lipinski definition) is 5. The van der Waals surface area contributed by atoms with E-state index in [0.717, 1.165) is 19.5 Å². The van der Waals surface area contributed by atoms with Crippen LogP contribution in [0.1, 0.15) is 18.7 Å². The first-order chi connectivity index (χ1) is 8.42. The fourth-order valence-corrected chi connectivity index (χ4v) is 2.15. The van der Waals surface area contributed by atoms with Gasteiger partial charge in [0, 0.05) is 18.8 Å². The van der Waals surface area contributed by atoms with E-state index in [4.69, 9.17) is 4.52 Å². The maximum atomic E-state index is 5.25. The van der Waals surface area contributed by atoms with E-state index < -0.39 is 0 Å². The molecule has 17 heavy (non-hydrogen) atoms. The number of nitrogens with zero attached hydrogens (tertiary/aromatic N) is 3. The van der Waals surface area contributed by atoms with Crippen molar-refractivity contribution >= 4 is 0 Å². The number of H-pyrrole nitrogens is 1. The van der Waals surface area contributed by atoms with E-state index >= 15 is 0 Å². The van der Waals surface area contributed by atoms with Gasteiger partial charge >= 0.3 is 0 Å². The Morgan fingerprint density at radius 2 is 2.24 bits per heavy atom. The summed E-state index contributed by atoms with van der Waals surface area (Å²) in [6.45, 7) is 2.17. The van der Waals surface area contributed by atoms with E-state index in [1.54, 1.807) is 12.4 Å². The van der Waals surface area contributed by atoms with Crippen LogP contribution in [0.25, 0.3) is 11.6 Å². The van der Waals surface area contributed by atoms with E-state index in [1.165, 1.54) is 12.8 Å². The van der Waals surface area contributed by atoms with Crippen molar-refractivity contribution in [2.45, 2.75) is 19.3 Å². The molecule has 6 nitrogen and oxygen atoms in total. The minimum atomic E-state index is 0.541. The molecule has 3 heterocycles.